The van der Waals surface area contributed by atoms with E-state index < -0.39 is 23.0 Å². The van der Waals surface area contributed by atoms with Crippen LogP contribution >= 0.6 is 11.6 Å². The average molecular weight is 662 g/mol. The fourth-order valence-corrected chi connectivity index (χ4v) is 6.35. The molecule has 0 bridgehead atoms. The number of benzene rings is 3. The Morgan fingerprint density at radius 3 is 2.40 bits per heavy atom. The van der Waals surface area contributed by atoms with E-state index in [-0.39, 0.29) is 24.1 Å². The third kappa shape index (κ3) is 6.59. The SMILES string of the molecule is CCCc1c(-c2cccc(-c3cccc(NC(=O)c4cn(C)c(=O)n(C)c4=O)c3C)c2Cl)cc(F)c(CN[C@@H]2CNC(=O)C2)c1OC. The summed E-state index contributed by atoms with van der Waals surface area (Å²) in [5.41, 5.74) is 3.59. The van der Waals surface area contributed by atoms with E-state index in [2.05, 4.69) is 16.0 Å². The first-order chi connectivity index (χ1) is 22.5. The molecule has 2 amide bonds. The second kappa shape index (κ2) is 13.9. The molecule has 1 atom stereocenters. The maximum absolute atomic E-state index is 15.9. The number of halogens is 2. The summed E-state index contributed by atoms with van der Waals surface area (Å²) in [7, 11) is 4.31. The Bertz CT molecular complexity index is 2000. The van der Waals surface area contributed by atoms with Crippen molar-refractivity contribution in [3.63, 3.8) is 0 Å². The zero-order valence-corrected chi connectivity index (χ0v) is 27.7. The molecule has 1 saturated heterocycles. The van der Waals surface area contributed by atoms with Gasteiger partial charge in [-0.25, -0.2) is 9.18 Å². The van der Waals surface area contributed by atoms with Crippen LogP contribution in [0.2, 0.25) is 5.02 Å². The number of methoxy groups -OCH3 is 1. The molecule has 0 unspecified atom stereocenters. The third-order valence-corrected chi connectivity index (χ3v) is 8.94. The Hall–Kier alpha value is -4.74. The van der Waals surface area contributed by atoms with E-state index >= 15 is 4.39 Å². The Morgan fingerprint density at radius 1 is 1.06 bits per heavy atom. The standard InChI is InChI=1S/C35H37ClFN5O5/c1-6-9-24-25(15-28(37)26(32(24)47-5)17-38-20-14-30(43)39-16-20)23-12-7-11-22(31(23)36)21-10-8-13-29(19(21)2)40-33(44)27-18-41(3)35(46)42(4)34(27)45/h7-8,10-13,15,18,20,38H,6,9,14,16-17H2,1-5H3,(H,39,43)(H,40,44)/t20-/m0/s1. The molecule has 1 aliphatic rings. The van der Waals surface area contributed by atoms with Crippen LogP contribution in [0.3, 0.4) is 0 Å². The average Bonchev–Trinajstić information content (AvgIpc) is 3.47. The van der Waals surface area contributed by atoms with Crippen molar-refractivity contribution in [2.45, 2.75) is 45.7 Å². The second-order valence-electron chi connectivity index (χ2n) is 11.6. The summed E-state index contributed by atoms with van der Waals surface area (Å²) >= 11 is 7.12. The van der Waals surface area contributed by atoms with Crippen molar-refractivity contribution in [1.29, 1.82) is 0 Å². The number of nitrogens with one attached hydrogen (secondary N) is 3. The molecule has 2 heterocycles. The van der Waals surface area contributed by atoms with Gasteiger partial charge in [-0.15, -0.1) is 0 Å². The number of aryl methyl sites for hydroxylation is 1. The first-order valence-corrected chi connectivity index (χ1v) is 15.7. The molecule has 1 aliphatic heterocycles. The topological polar surface area (TPSA) is 123 Å². The smallest absolute Gasteiger partial charge is 0.330 e. The molecular formula is C35H37ClFN5O5. The van der Waals surface area contributed by atoms with Gasteiger partial charge in [-0.3, -0.25) is 19.0 Å². The number of rotatable bonds is 10. The van der Waals surface area contributed by atoms with Crippen LogP contribution in [0, 0.1) is 12.7 Å². The molecule has 0 spiro atoms. The summed E-state index contributed by atoms with van der Waals surface area (Å²) in [5, 5.41) is 9.25. The van der Waals surface area contributed by atoms with E-state index in [1.165, 1.54) is 38.0 Å². The van der Waals surface area contributed by atoms with Crippen molar-refractivity contribution in [1.82, 2.24) is 19.8 Å². The van der Waals surface area contributed by atoms with E-state index in [1.807, 2.05) is 38.1 Å². The summed E-state index contributed by atoms with van der Waals surface area (Å²) < 4.78 is 23.7. The maximum atomic E-state index is 15.9. The number of nitrogens with zero attached hydrogens (tertiary/aromatic N) is 2. The monoisotopic (exact) mass is 661 g/mol. The van der Waals surface area contributed by atoms with Crippen LogP contribution < -0.4 is 31.9 Å². The summed E-state index contributed by atoms with van der Waals surface area (Å²) in [6.45, 7) is 4.54. The molecule has 10 nitrogen and oxygen atoms in total. The van der Waals surface area contributed by atoms with Gasteiger partial charge in [0.15, 0.2) is 0 Å². The second-order valence-corrected chi connectivity index (χ2v) is 12.0. The van der Waals surface area contributed by atoms with Crippen LogP contribution in [-0.2, 0) is 31.9 Å². The van der Waals surface area contributed by atoms with Crippen LogP contribution in [0.5, 0.6) is 5.75 Å². The molecule has 3 aromatic carbocycles. The highest BCUT2D eigenvalue weighted by Gasteiger charge is 2.25. The lowest BCUT2D eigenvalue weighted by atomic mass is 9.90. The first kappa shape index (κ1) is 33.6. The Balaban J connectivity index is 1.53. The van der Waals surface area contributed by atoms with Gasteiger partial charge in [0.2, 0.25) is 5.91 Å². The minimum Gasteiger partial charge on any atom is -0.496 e. The zero-order chi connectivity index (χ0) is 34.0. The van der Waals surface area contributed by atoms with Gasteiger partial charge in [0.1, 0.15) is 17.1 Å². The molecule has 1 aromatic heterocycles. The molecule has 0 aliphatic carbocycles. The summed E-state index contributed by atoms with van der Waals surface area (Å²) in [5.74, 6) is -0.699. The van der Waals surface area contributed by atoms with Gasteiger partial charge in [-0.1, -0.05) is 55.3 Å². The van der Waals surface area contributed by atoms with E-state index in [9.17, 15) is 19.2 Å². The largest absolute Gasteiger partial charge is 0.496 e. The number of amides is 2. The highest BCUT2D eigenvalue weighted by molar-refractivity contribution is 6.36. The normalized spacial score (nSPS) is 14.3. The highest BCUT2D eigenvalue weighted by Crippen LogP contribution is 2.43. The van der Waals surface area contributed by atoms with Crippen LogP contribution in [0.4, 0.5) is 10.1 Å². The molecule has 246 valence electrons. The summed E-state index contributed by atoms with van der Waals surface area (Å²) in [4.78, 5) is 49.6. The van der Waals surface area contributed by atoms with Crippen molar-refractivity contribution in [2.24, 2.45) is 14.1 Å². The van der Waals surface area contributed by atoms with Crippen LogP contribution in [0.15, 0.2) is 58.3 Å². The highest BCUT2D eigenvalue weighted by atomic mass is 35.5. The van der Waals surface area contributed by atoms with Crippen molar-refractivity contribution in [2.75, 3.05) is 19.0 Å². The fraction of sp³-hybridized carbons (Fsp3) is 0.314. The Morgan fingerprint density at radius 2 is 1.74 bits per heavy atom. The molecule has 4 aromatic rings. The number of ether oxygens (including phenoxy) is 1. The first-order valence-electron chi connectivity index (χ1n) is 15.3. The van der Waals surface area contributed by atoms with Crippen molar-refractivity contribution in [3.8, 4) is 28.0 Å². The predicted molar refractivity (Wildman–Crippen MR) is 181 cm³/mol. The molecule has 0 radical (unpaired) electrons. The molecule has 12 heteroatoms. The van der Waals surface area contributed by atoms with Gasteiger partial charge in [-0.05, 0) is 42.2 Å². The van der Waals surface area contributed by atoms with Crippen molar-refractivity contribution >= 4 is 29.1 Å². The Labute approximate surface area is 276 Å². The van der Waals surface area contributed by atoms with E-state index in [1.54, 1.807) is 12.1 Å². The minimum atomic E-state index is -0.701. The predicted octanol–water partition coefficient (Wildman–Crippen LogP) is 4.71. The Kier molecular flexibility index (Phi) is 9.97. The number of carbonyl (C=O) groups excluding carboxylic acids is 2. The molecule has 47 heavy (non-hydrogen) atoms. The van der Waals surface area contributed by atoms with Gasteiger partial charge >= 0.3 is 5.69 Å². The van der Waals surface area contributed by atoms with E-state index in [0.29, 0.717) is 63.7 Å². The quantitative estimate of drug-likeness (QED) is 0.226. The van der Waals surface area contributed by atoms with Crippen LogP contribution in [0.1, 0.15) is 46.8 Å². The summed E-state index contributed by atoms with van der Waals surface area (Å²) in [6, 6.07) is 12.3. The van der Waals surface area contributed by atoms with Gasteiger partial charge < -0.3 is 25.3 Å². The lowest BCUT2D eigenvalue weighted by Crippen LogP contribution is -2.40. The molecule has 1 fully saturated rings. The zero-order valence-electron chi connectivity index (χ0n) is 26.9. The molecular weight excluding hydrogens is 625 g/mol. The molecule has 3 N–H and O–H groups in total. The van der Waals surface area contributed by atoms with Gasteiger partial charge in [0.25, 0.3) is 11.5 Å². The third-order valence-electron chi connectivity index (χ3n) is 8.53. The number of hydrogen-bond donors (Lipinski definition) is 3. The van der Waals surface area contributed by atoms with E-state index in [4.69, 9.17) is 16.3 Å². The molecule has 5 rings (SSSR count). The lowest BCUT2D eigenvalue weighted by Gasteiger charge is -2.21. The number of carbonyl (C=O) groups is 2. The van der Waals surface area contributed by atoms with Gasteiger partial charge in [0, 0.05) is 73.8 Å². The van der Waals surface area contributed by atoms with Crippen molar-refractivity contribution in [3.05, 3.63) is 103 Å². The van der Waals surface area contributed by atoms with Gasteiger partial charge in [0.05, 0.1) is 12.1 Å². The fourth-order valence-electron chi connectivity index (χ4n) is 6.02. The number of aromatic nitrogens is 2. The van der Waals surface area contributed by atoms with E-state index in [0.717, 1.165) is 22.1 Å². The van der Waals surface area contributed by atoms with Crippen LogP contribution in [0.25, 0.3) is 22.3 Å². The maximum Gasteiger partial charge on any atom is 0.330 e. The lowest BCUT2D eigenvalue weighted by molar-refractivity contribution is -0.119. The minimum absolute atomic E-state index is 0.0373. The van der Waals surface area contributed by atoms with Crippen molar-refractivity contribution < 1.29 is 18.7 Å². The van der Waals surface area contributed by atoms with Crippen LogP contribution in [-0.4, -0.2) is 40.6 Å². The summed E-state index contributed by atoms with van der Waals surface area (Å²) in [6.07, 6.45) is 2.94. The number of hydrogen-bond acceptors (Lipinski definition) is 6. The van der Waals surface area contributed by atoms with Gasteiger partial charge in [-0.2, -0.15) is 0 Å². The number of anilines is 1. The molecule has 0 saturated carbocycles.